The van der Waals surface area contributed by atoms with Crippen molar-refractivity contribution in [1.82, 2.24) is 14.7 Å². The molecule has 3 aliphatic rings. The van der Waals surface area contributed by atoms with Crippen molar-refractivity contribution in [1.29, 1.82) is 0 Å². The van der Waals surface area contributed by atoms with E-state index in [-0.39, 0.29) is 17.7 Å². The van der Waals surface area contributed by atoms with Gasteiger partial charge in [0.05, 0.1) is 0 Å². The number of aliphatic imine (C=N–C) groups is 1. The molecule has 1 unspecified atom stereocenters. The number of nitrogens with zero attached hydrogens (tertiary/aromatic N) is 4. The van der Waals surface area contributed by atoms with Gasteiger partial charge in [-0.3, -0.25) is 9.69 Å². The Morgan fingerprint density at radius 3 is 2.86 bits per heavy atom. The number of piperazine rings is 1. The normalized spacial score (nSPS) is 19.2. The molecule has 36 heavy (non-hydrogen) atoms. The second-order valence-electron chi connectivity index (χ2n) is 9.25. The van der Waals surface area contributed by atoms with Gasteiger partial charge in [-0.25, -0.2) is 4.99 Å². The Balaban J connectivity index is 1.28. The van der Waals surface area contributed by atoms with E-state index >= 15 is 0 Å². The Bertz CT molecular complexity index is 1310. The molecular weight excluding hydrogens is 454 g/mol. The number of fused-ring (bicyclic) bond motifs is 1. The smallest absolute Gasteiger partial charge is 0.255 e. The number of rotatable bonds is 4. The molecule has 2 N–H and O–H groups in total. The molecule has 1 amide bonds. The summed E-state index contributed by atoms with van der Waals surface area (Å²) in [5, 5.41) is 13.2. The lowest BCUT2D eigenvalue weighted by Crippen LogP contribution is -2.43. The molecule has 0 bridgehead atoms. The van der Waals surface area contributed by atoms with Crippen LogP contribution in [0.5, 0.6) is 5.75 Å². The summed E-state index contributed by atoms with van der Waals surface area (Å²) in [4.78, 5) is 24.0. The summed E-state index contributed by atoms with van der Waals surface area (Å²) in [6.45, 7) is 6.70. The number of carbonyl (C=O) groups is 1. The molecule has 2 aromatic carbocycles. The summed E-state index contributed by atoms with van der Waals surface area (Å²) >= 11 is 0. The summed E-state index contributed by atoms with van der Waals surface area (Å²) < 4.78 is 5.15. The van der Waals surface area contributed by atoms with E-state index in [4.69, 9.17) is 4.74 Å². The van der Waals surface area contributed by atoms with Crippen molar-refractivity contribution < 1.29 is 14.6 Å². The molecule has 0 spiro atoms. The molecular formula is C28H29N5O3. The van der Waals surface area contributed by atoms with Gasteiger partial charge in [0.15, 0.2) is 5.82 Å². The van der Waals surface area contributed by atoms with Crippen molar-refractivity contribution in [3.05, 3.63) is 83.2 Å². The zero-order valence-corrected chi connectivity index (χ0v) is 20.4. The van der Waals surface area contributed by atoms with Gasteiger partial charge in [-0.2, -0.15) is 0 Å². The van der Waals surface area contributed by atoms with E-state index in [1.165, 1.54) is 0 Å². The summed E-state index contributed by atoms with van der Waals surface area (Å²) in [6.07, 6.45) is 6.73. The molecule has 3 heterocycles. The van der Waals surface area contributed by atoms with E-state index in [1.54, 1.807) is 49.2 Å². The number of aromatic hydroxyl groups is 1. The van der Waals surface area contributed by atoms with E-state index in [2.05, 4.69) is 39.0 Å². The van der Waals surface area contributed by atoms with Crippen LogP contribution in [0.4, 0.5) is 5.69 Å². The maximum atomic E-state index is 13.1. The fourth-order valence-electron chi connectivity index (χ4n) is 4.35. The topological polar surface area (TPSA) is 80.6 Å². The number of hydrogen-bond donors (Lipinski definition) is 2. The molecule has 184 valence electrons. The van der Waals surface area contributed by atoms with Crippen molar-refractivity contribution in [2.75, 3.05) is 38.5 Å². The van der Waals surface area contributed by atoms with Gasteiger partial charge in [0.1, 0.15) is 24.3 Å². The van der Waals surface area contributed by atoms with Gasteiger partial charge in [0.25, 0.3) is 5.91 Å². The molecule has 0 radical (unpaired) electrons. The number of nitrogens with one attached hydrogen (secondary N) is 1. The van der Waals surface area contributed by atoms with Gasteiger partial charge < -0.3 is 25.0 Å². The van der Waals surface area contributed by atoms with Crippen molar-refractivity contribution in [3.63, 3.8) is 0 Å². The average molecular weight is 484 g/mol. The summed E-state index contributed by atoms with van der Waals surface area (Å²) in [6, 6.07) is 10.5. The number of benzene rings is 2. The molecule has 0 aromatic heterocycles. The molecule has 1 atom stereocenters. The fraction of sp³-hybridized carbons (Fsp3) is 0.286. The van der Waals surface area contributed by atoms with Crippen molar-refractivity contribution in [2.24, 2.45) is 4.99 Å². The molecule has 8 heteroatoms. The van der Waals surface area contributed by atoms with E-state index < -0.39 is 0 Å². The lowest BCUT2D eigenvalue weighted by Gasteiger charge is -2.32. The Morgan fingerprint density at radius 2 is 2.03 bits per heavy atom. The van der Waals surface area contributed by atoms with E-state index in [0.717, 1.165) is 49.4 Å². The van der Waals surface area contributed by atoms with Crippen molar-refractivity contribution in [3.8, 4) is 17.6 Å². The first-order chi connectivity index (χ1) is 17.4. The highest BCUT2D eigenvalue weighted by molar-refractivity contribution is 6.04. The first-order valence-corrected chi connectivity index (χ1v) is 12.0. The van der Waals surface area contributed by atoms with Crippen LogP contribution in [0.3, 0.4) is 0 Å². The SMILES string of the molecule is Cc1ccc(C(=O)Nc2cc(O)cc(CN3CCN(C)CC3)c2)cc1C#CC1C=NC2=COC=CN21. The highest BCUT2D eigenvalue weighted by Crippen LogP contribution is 2.23. The van der Waals surface area contributed by atoms with Crippen LogP contribution in [0, 0.1) is 18.8 Å². The van der Waals surface area contributed by atoms with Crippen LogP contribution in [0.2, 0.25) is 0 Å². The van der Waals surface area contributed by atoms with Gasteiger partial charge in [0.2, 0.25) is 0 Å². The maximum Gasteiger partial charge on any atom is 0.255 e. The summed E-state index contributed by atoms with van der Waals surface area (Å²) in [5.74, 6) is 7.01. The van der Waals surface area contributed by atoms with Crippen molar-refractivity contribution in [2.45, 2.75) is 19.5 Å². The lowest BCUT2D eigenvalue weighted by atomic mass is 10.0. The van der Waals surface area contributed by atoms with Crippen LogP contribution in [0.25, 0.3) is 0 Å². The number of ether oxygens (including phenoxy) is 1. The highest BCUT2D eigenvalue weighted by Gasteiger charge is 2.23. The standard InChI is InChI=1S/C28H29N5O3/c1-20-3-4-23(15-22(20)5-6-25-17-29-27-19-36-12-11-33(25)27)28(35)30-24-13-21(14-26(34)16-24)18-32-9-7-31(2)8-10-32/h3-4,11-17,19,25,34H,7-10,18H2,1-2H3,(H,30,35). The first-order valence-electron chi connectivity index (χ1n) is 12.0. The third-order valence-corrected chi connectivity index (χ3v) is 6.48. The molecule has 3 aliphatic heterocycles. The monoisotopic (exact) mass is 483 g/mol. The Morgan fingerprint density at radius 1 is 1.19 bits per heavy atom. The van der Waals surface area contributed by atoms with E-state index in [9.17, 15) is 9.90 Å². The molecule has 8 nitrogen and oxygen atoms in total. The highest BCUT2D eigenvalue weighted by atomic mass is 16.5. The molecule has 2 aromatic rings. The van der Waals surface area contributed by atoms with Crippen LogP contribution in [-0.4, -0.2) is 71.2 Å². The molecule has 5 rings (SSSR count). The van der Waals surface area contributed by atoms with Gasteiger partial charge in [-0.15, -0.1) is 0 Å². The predicted octanol–water partition coefficient (Wildman–Crippen LogP) is 3.11. The molecule has 1 saturated heterocycles. The number of carbonyl (C=O) groups excluding carboxylic acids is 1. The minimum absolute atomic E-state index is 0.135. The Labute approximate surface area is 211 Å². The van der Waals surface area contributed by atoms with E-state index in [0.29, 0.717) is 17.1 Å². The van der Waals surface area contributed by atoms with Gasteiger partial charge in [-0.05, 0) is 49.4 Å². The summed E-state index contributed by atoms with van der Waals surface area (Å²) in [5.41, 5.74) is 3.79. The lowest BCUT2D eigenvalue weighted by molar-refractivity contribution is 0.102. The average Bonchev–Trinajstić information content (AvgIpc) is 3.28. The zero-order valence-electron chi connectivity index (χ0n) is 20.4. The Hall–Kier alpha value is -4.06. The minimum atomic E-state index is -0.252. The quantitative estimate of drug-likeness (QED) is 0.651. The van der Waals surface area contributed by atoms with Crippen LogP contribution in [-0.2, 0) is 11.3 Å². The Kier molecular flexibility index (Phi) is 6.76. The molecule has 0 aliphatic carbocycles. The largest absolute Gasteiger partial charge is 0.508 e. The fourth-order valence-corrected chi connectivity index (χ4v) is 4.35. The number of amides is 1. The minimum Gasteiger partial charge on any atom is -0.508 e. The van der Waals surface area contributed by atoms with Crippen molar-refractivity contribution >= 4 is 17.8 Å². The van der Waals surface area contributed by atoms with Gasteiger partial charge in [-0.1, -0.05) is 17.9 Å². The number of anilines is 1. The van der Waals surface area contributed by atoms with Crippen LogP contribution in [0.15, 0.2) is 65.9 Å². The third-order valence-electron chi connectivity index (χ3n) is 6.48. The number of phenols is 1. The van der Waals surface area contributed by atoms with E-state index in [1.807, 2.05) is 24.0 Å². The predicted molar refractivity (Wildman–Crippen MR) is 139 cm³/mol. The second-order valence-corrected chi connectivity index (χ2v) is 9.25. The third kappa shape index (κ3) is 5.43. The van der Waals surface area contributed by atoms with Crippen LogP contribution in [0.1, 0.15) is 27.0 Å². The number of hydrogen-bond acceptors (Lipinski definition) is 7. The van der Waals surface area contributed by atoms with Crippen LogP contribution >= 0.6 is 0 Å². The first kappa shape index (κ1) is 23.7. The molecule has 1 fully saturated rings. The van der Waals surface area contributed by atoms with Gasteiger partial charge in [0, 0.05) is 68.0 Å². The molecule has 0 saturated carbocycles. The maximum absolute atomic E-state index is 13.1. The number of likely N-dealkylation sites (N-methyl/N-ethyl adjacent to an activating group) is 1. The van der Waals surface area contributed by atoms with Gasteiger partial charge >= 0.3 is 0 Å². The number of phenolic OH excluding ortho intramolecular Hbond substituents is 1. The summed E-state index contributed by atoms with van der Waals surface area (Å²) in [7, 11) is 2.12. The number of aryl methyl sites for hydroxylation is 1. The zero-order chi connectivity index (χ0) is 25.1. The second kappa shape index (κ2) is 10.3. The van der Waals surface area contributed by atoms with Crippen LogP contribution < -0.4 is 5.32 Å².